The van der Waals surface area contributed by atoms with Crippen LogP contribution in [0.25, 0.3) is 0 Å². The van der Waals surface area contributed by atoms with Crippen LogP contribution in [0.5, 0.6) is 0 Å². The molecule has 0 saturated heterocycles. The van der Waals surface area contributed by atoms with Gasteiger partial charge in [-0.1, -0.05) is 26.0 Å². The van der Waals surface area contributed by atoms with Crippen LogP contribution < -0.4 is 5.73 Å². The van der Waals surface area contributed by atoms with Gasteiger partial charge in [0.15, 0.2) is 0 Å². The van der Waals surface area contributed by atoms with Crippen LogP contribution >= 0.6 is 0 Å². The zero-order chi connectivity index (χ0) is 11.0. The first-order chi connectivity index (χ1) is 7.09. The zero-order valence-corrected chi connectivity index (χ0v) is 9.33. The topological polar surface area (TPSA) is 26.0 Å². The predicted octanol–water partition coefficient (Wildman–Crippen LogP) is 3.36. The molecule has 0 amide bonds. The fourth-order valence-corrected chi connectivity index (χ4v) is 1.86. The van der Waals surface area contributed by atoms with E-state index in [1.165, 1.54) is 0 Å². The Hall–Kier alpha value is -0.890. The van der Waals surface area contributed by atoms with E-state index in [9.17, 15) is 4.39 Å². The number of hydrogen-bond donors (Lipinski definition) is 1. The van der Waals surface area contributed by atoms with Crippen LogP contribution in [-0.2, 0) is 0 Å². The Bertz CT molecular complexity index is 356. The third kappa shape index (κ3) is 2.20. The molecule has 0 aromatic heterocycles. The Morgan fingerprint density at radius 3 is 2.47 bits per heavy atom. The minimum Gasteiger partial charge on any atom is -0.324 e. The van der Waals surface area contributed by atoms with Crippen molar-refractivity contribution in [2.75, 3.05) is 0 Å². The van der Waals surface area contributed by atoms with Gasteiger partial charge in [0.2, 0.25) is 0 Å². The van der Waals surface area contributed by atoms with Gasteiger partial charge in [-0.15, -0.1) is 0 Å². The molecule has 1 aromatic rings. The van der Waals surface area contributed by atoms with Gasteiger partial charge in [-0.25, -0.2) is 4.39 Å². The first kappa shape index (κ1) is 10.6. The molecule has 82 valence electrons. The summed E-state index contributed by atoms with van der Waals surface area (Å²) < 4.78 is 13.7. The number of rotatable bonds is 3. The molecule has 2 N–H and O–H groups in total. The van der Waals surface area contributed by atoms with Crippen LogP contribution in [0.2, 0.25) is 0 Å². The molecule has 0 unspecified atom stereocenters. The van der Waals surface area contributed by atoms with Gasteiger partial charge < -0.3 is 5.73 Å². The standard InChI is InChI=1S/C13H18FN/c1-8(2)13(15)10-5-6-11(9-3-4-9)12(14)7-10/h5-9,13H,3-4,15H2,1-2H3/t13-/m1/s1. The maximum atomic E-state index is 13.7. The molecule has 15 heavy (non-hydrogen) atoms. The maximum Gasteiger partial charge on any atom is 0.127 e. The fraction of sp³-hybridized carbons (Fsp3) is 0.538. The molecule has 1 nitrogen and oxygen atoms in total. The van der Waals surface area contributed by atoms with Crippen LogP contribution in [0, 0.1) is 11.7 Å². The smallest absolute Gasteiger partial charge is 0.127 e. The van der Waals surface area contributed by atoms with E-state index >= 15 is 0 Å². The lowest BCUT2D eigenvalue weighted by Crippen LogP contribution is -2.16. The molecule has 0 spiro atoms. The number of nitrogens with two attached hydrogens (primary N) is 1. The van der Waals surface area contributed by atoms with E-state index in [1.807, 2.05) is 12.1 Å². The van der Waals surface area contributed by atoms with E-state index in [0.29, 0.717) is 11.8 Å². The van der Waals surface area contributed by atoms with Crippen molar-refractivity contribution in [1.82, 2.24) is 0 Å². The van der Waals surface area contributed by atoms with Crippen molar-refractivity contribution in [3.05, 3.63) is 35.1 Å². The number of hydrogen-bond acceptors (Lipinski definition) is 1. The van der Waals surface area contributed by atoms with Gasteiger partial charge in [-0.3, -0.25) is 0 Å². The van der Waals surface area contributed by atoms with Crippen LogP contribution in [0.15, 0.2) is 18.2 Å². The van der Waals surface area contributed by atoms with Crippen LogP contribution in [0.4, 0.5) is 4.39 Å². The van der Waals surface area contributed by atoms with Crippen molar-refractivity contribution >= 4 is 0 Å². The van der Waals surface area contributed by atoms with Crippen LogP contribution in [0.1, 0.15) is 49.8 Å². The van der Waals surface area contributed by atoms with Gasteiger partial charge in [0.05, 0.1) is 0 Å². The summed E-state index contributed by atoms with van der Waals surface area (Å²) in [5.74, 6) is 0.733. The number of benzene rings is 1. The molecule has 1 aliphatic rings. The molecule has 2 heteroatoms. The highest BCUT2D eigenvalue weighted by Crippen LogP contribution is 2.41. The quantitative estimate of drug-likeness (QED) is 0.808. The van der Waals surface area contributed by atoms with Gasteiger partial charge in [0.1, 0.15) is 5.82 Å². The molecule has 1 saturated carbocycles. The van der Waals surface area contributed by atoms with E-state index in [4.69, 9.17) is 5.73 Å². The Morgan fingerprint density at radius 2 is 2.00 bits per heavy atom. The molecule has 2 rings (SSSR count). The van der Waals surface area contributed by atoms with Crippen molar-refractivity contribution < 1.29 is 4.39 Å². The molecule has 1 atom stereocenters. The van der Waals surface area contributed by atoms with Gasteiger partial charge in [0.25, 0.3) is 0 Å². The average molecular weight is 207 g/mol. The molecule has 1 aliphatic carbocycles. The van der Waals surface area contributed by atoms with Crippen molar-refractivity contribution in [2.45, 2.75) is 38.6 Å². The lowest BCUT2D eigenvalue weighted by atomic mass is 9.95. The third-order valence-electron chi connectivity index (χ3n) is 3.14. The summed E-state index contributed by atoms with van der Waals surface area (Å²) in [6.45, 7) is 4.11. The summed E-state index contributed by atoms with van der Waals surface area (Å²) in [6.07, 6.45) is 2.26. The van der Waals surface area contributed by atoms with Crippen molar-refractivity contribution in [3.8, 4) is 0 Å². The fourth-order valence-electron chi connectivity index (χ4n) is 1.86. The predicted molar refractivity (Wildman–Crippen MR) is 60.1 cm³/mol. The maximum absolute atomic E-state index is 13.7. The summed E-state index contributed by atoms with van der Waals surface area (Å²) in [5.41, 5.74) is 7.76. The lowest BCUT2D eigenvalue weighted by Gasteiger charge is -2.16. The first-order valence-corrected chi connectivity index (χ1v) is 5.64. The summed E-state index contributed by atoms with van der Waals surface area (Å²) in [5, 5.41) is 0. The molecular formula is C13H18FN. The van der Waals surface area contributed by atoms with Crippen molar-refractivity contribution in [2.24, 2.45) is 11.7 Å². The first-order valence-electron chi connectivity index (χ1n) is 5.64. The van der Waals surface area contributed by atoms with E-state index in [2.05, 4.69) is 13.8 Å². The molecular weight excluding hydrogens is 189 g/mol. The Balaban J connectivity index is 2.24. The lowest BCUT2D eigenvalue weighted by molar-refractivity contribution is 0.509. The second-order valence-electron chi connectivity index (χ2n) is 4.83. The SMILES string of the molecule is CC(C)[C@@H](N)c1ccc(C2CC2)c(F)c1. The summed E-state index contributed by atoms with van der Waals surface area (Å²) in [7, 11) is 0. The summed E-state index contributed by atoms with van der Waals surface area (Å²) >= 11 is 0. The average Bonchev–Trinajstić information content (AvgIpc) is 3.00. The van der Waals surface area contributed by atoms with Gasteiger partial charge in [-0.05, 0) is 41.9 Å². The number of halogens is 1. The second kappa shape index (κ2) is 3.93. The highest BCUT2D eigenvalue weighted by molar-refractivity contribution is 5.31. The molecule has 0 heterocycles. The third-order valence-corrected chi connectivity index (χ3v) is 3.14. The van der Waals surface area contributed by atoms with Crippen LogP contribution in [-0.4, -0.2) is 0 Å². The van der Waals surface area contributed by atoms with Crippen molar-refractivity contribution in [1.29, 1.82) is 0 Å². The van der Waals surface area contributed by atoms with E-state index in [0.717, 1.165) is 24.0 Å². The monoisotopic (exact) mass is 207 g/mol. The molecule has 1 fully saturated rings. The molecule has 0 aliphatic heterocycles. The zero-order valence-electron chi connectivity index (χ0n) is 9.33. The second-order valence-corrected chi connectivity index (χ2v) is 4.83. The van der Waals surface area contributed by atoms with E-state index < -0.39 is 0 Å². The Labute approximate surface area is 90.5 Å². The molecule has 1 aromatic carbocycles. The highest BCUT2D eigenvalue weighted by atomic mass is 19.1. The van der Waals surface area contributed by atoms with E-state index in [1.54, 1.807) is 6.07 Å². The van der Waals surface area contributed by atoms with Gasteiger partial charge >= 0.3 is 0 Å². The molecule has 0 radical (unpaired) electrons. The highest BCUT2D eigenvalue weighted by Gasteiger charge is 2.26. The minimum atomic E-state index is -0.0777. The Morgan fingerprint density at radius 1 is 1.33 bits per heavy atom. The summed E-state index contributed by atoms with van der Waals surface area (Å²) in [4.78, 5) is 0. The van der Waals surface area contributed by atoms with Gasteiger partial charge in [-0.2, -0.15) is 0 Å². The van der Waals surface area contributed by atoms with E-state index in [-0.39, 0.29) is 11.9 Å². The Kier molecular flexibility index (Phi) is 2.79. The van der Waals surface area contributed by atoms with Crippen molar-refractivity contribution in [3.63, 3.8) is 0 Å². The minimum absolute atomic E-state index is 0.0623. The summed E-state index contributed by atoms with van der Waals surface area (Å²) in [6, 6.07) is 5.43. The van der Waals surface area contributed by atoms with Crippen LogP contribution in [0.3, 0.4) is 0 Å². The largest absolute Gasteiger partial charge is 0.324 e. The van der Waals surface area contributed by atoms with Gasteiger partial charge in [0, 0.05) is 6.04 Å². The molecule has 0 bridgehead atoms. The normalized spacial score (nSPS) is 18.2.